The lowest BCUT2D eigenvalue weighted by Crippen LogP contribution is -2.36. The minimum Gasteiger partial charge on any atom is -0.359 e. The van der Waals surface area contributed by atoms with Gasteiger partial charge >= 0.3 is 0 Å². The number of hydrogen-bond donors (Lipinski definition) is 3. The second-order valence-corrected chi connectivity index (χ2v) is 9.52. The van der Waals surface area contributed by atoms with Gasteiger partial charge in [-0.1, -0.05) is 23.2 Å². The van der Waals surface area contributed by atoms with Gasteiger partial charge in [-0.15, -0.1) is 0 Å². The van der Waals surface area contributed by atoms with Gasteiger partial charge in [0.05, 0.1) is 27.7 Å². The van der Waals surface area contributed by atoms with E-state index in [1.54, 1.807) is 36.2 Å². The summed E-state index contributed by atoms with van der Waals surface area (Å²) >= 11 is 12.5. The number of nitrogens with zero attached hydrogens (tertiary/aromatic N) is 2. The molecule has 35 heavy (non-hydrogen) atoms. The number of aromatic nitrogens is 2. The van der Waals surface area contributed by atoms with Crippen molar-refractivity contribution in [1.29, 1.82) is 0 Å². The van der Waals surface area contributed by atoms with Crippen LogP contribution in [0.3, 0.4) is 0 Å². The van der Waals surface area contributed by atoms with Gasteiger partial charge in [-0.2, -0.15) is 0 Å². The van der Waals surface area contributed by atoms with Crippen LogP contribution in [0.25, 0.3) is 11.0 Å². The molecule has 0 saturated carbocycles. The summed E-state index contributed by atoms with van der Waals surface area (Å²) in [4.78, 5) is 47.1. The first-order chi connectivity index (χ1) is 16.8. The largest absolute Gasteiger partial charge is 0.359 e. The molecule has 1 aliphatic heterocycles. The Morgan fingerprint density at radius 1 is 1.20 bits per heavy atom. The van der Waals surface area contributed by atoms with Gasteiger partial charge in [-0.3, -0.25) is 14.4 Å². The van der Waals surface area contributed by atoms with Gasteiger partial charge in [-0.05, 0) is 62.6 Å². The fourth-order valence-corrected chi connectivity index (χ4v) is 4.80. The number of carbonyl (C=O) groups is 3. The maximum Gasteiger partial charge on any atom is 0.255 e. The van der Waals surface area contributed by atoms with E-state index in [-0.39, 0.29) is 34.8 Å². The Morgan fingerprint density at radius 2 is 2.00 bits per heavy atom. The Hall–Kier alpha value is -3.10. The molecule has 0 bridgehead atoms. The van der Waals surface area contributed by atoms with Crippen LogP contribution >= 0.6 is 23.2 Å². The van der Waals surface area contributed by atoms with Gasteiger partial charge in [0.25, 0.3) is 11.8 Å². The third-order valence-electron chi connectivity index (χ3n) is 6.30. The van der Waals surface area contributed by atoms with Gasteiger partial charge in [0.2, 0.25) is 5.91 Å². The number of fused-ring (bicyclic) bond motifs is 1. The van der Waals surface area contributed by atoms with Crippen LogP contribution < -0.4 is 10.6 Å². The normalized spacial score (nSPS) is 16.3. The van der Waals surface area contributed by atoms with Crippen molar-refractivity contribution in [2.24, 2.45) is 0 Å². The van der Waals surface area contributed by atoms with E-state index in [4.69, 9.17) is 23.2 Å². The quantitative estimate of drug-likeness (QED) is 0.430. The van der Waals surface area contributed by atoms with Crippen molar-refractivity contribution in [2.45, 2.75) is 44.7 Å². The zero-order valence-electron chi connectivity index (χ0n) is 19.5. The molecule has 0 unspecified atom stereocenters. The number of benzene rings is 2. The molecular formula is C25H27Cl2N5O3. The second-order valence-electron chi connectivity index (χ2n) is 8.68. The van der Waals surface area contributed by atoms with Crippen molar-refractivity contribution in [2.75, 3.05) is 13.6 Å². The van der Waals surface area contributed by atoms with E-state index in [0.717, 1.165) is 23.9 Å². The summed E-state index contributed by atoms with van der Waals surface area (Å²) in [5.41, 5.74) is 2.23. The lowest BCUT2D eigenvalue weighted by atomic mass is 10.1. The van der Waals surface area contributed by atoms with Crippen molar-refractivity contribution in [3.63, 3.8) is 0 Å². The Bertz CT molecular complexity index is 1280. The third-order valence-corrected chi connectivity index (χ3v) is 6.85. The zero-order chi connectivity index (χ0) is 25.1. The number of H-pyrrole nitrogens is 1. The molecule has 0 aliphatic carbocycles. The van der Waals surface area contributed by atoms with E-state index in [1.165, 1.54) is 6.07 Å². The van der Waals surface area contributed by atoms with E-state index >= 15 is 0 Å². The fourth-order valence-electron chi connectivity index (χ4n) is 4.37. The molecule has 0 radical (unpaired) electrons. The van der Waals surface area contributed by atoms with Crippen LogP contribution in [0.2, 0.25) is 10.0 Å². The highest BCUT2D eigenvalue weighted by atomic mass is 35.5. The number of carbonyl (C=O) groups excluding carboxylic acids is 3. The van der Waals surface area contributed by atoms with Crippen LogP contribution in [0.15, 0.2) is 36.4 Å². The topological polar surface area (TPSA) is 107 Å². The third kappa shape index (κ3) is 5.60. The molecule has 1 fully saturated rings. The van der Waals surface area contributed by atoms with Crippen LogP contribution in [0, 0.1) is 0 Å². The molecule has 10 heteroatoms. The molecule has 3 N–H and O–H groups in total. The van der Waals surface area contributed by atoms with E-state index < -0.39 is 0 Å². The van der Waals surface area contributed by atoms with E-state index in [2.05, 4.69) is 20.6 Å². The number of amides is 3. The van der Waals surface area contributed by atoms with Crippen molar-refractivity contribution in [3.8, 4) is 0 Å². The highest BCUT2D eigenvalue weighted by Gasteiger charge is 2.30. The summed E-state index contributed by atoms with van der Waals surface area (Å²) in [6.07, 6.45) is 2.71. The van der Waals surface area contributed by atoms with E-state index in [9.17, 15) is 14.4 Å². The van der Waals surface area contributed by atoms with Crippen LogP contribution in [-0.4, -0.2) is 52.2 Å². The molecule has 3 aromatic rings. The molecule has 8 nitrogen and oxygen atoms in total. The number of halogens is 2. The summed E-state index contributed by atoms with van der Waals surface area (Å²) in [5.74, 6) is 0.0425. The Balaban J connectivity index is 1.43. The Labute approximate surface area is 213 Å². The lowest BCUT2D eigenvalue weighted by Gasteiger charge is -2.25. The molecule has 3 amide bonds. The minimum absolute atomic E-state index is 0.00150. The Kier molecular flexibility index (Phi) is 7.62. The summed E-state index contributed by atoms with van der Waals surface area (Å²) in [6.45, 7) is 2.44. The van der Waals surface area contributed by atoms with Crippen molar-refractivity contribution in [3.05, 3.63) is 63.4 Å². The van der Waals surface area contributed by atoms with Gasteiger partial charge in [0, 0.05) is 36.6 Å². The number of imidazole rings is 1. The molecule has 2 aromatic carbocycles. The summed E-state index contributed by atoms with van der Waals surface area (Å²) in [7, 11) is 1.60. The van der Waals surface area contributed by atoms with Crippen LogP contribution in [0.5, 0.6) is 0 Å². The molecule has 4 rings (SSSR count). The molecule has 2 atom stereocenters. The predicted molar refractivity (Wildman–Crippen MR) is 136 cm³/mol. The first-order valence-corrected chi connectivity index (χ1v) is 12.3. The molecule has 1 saturated heterocycles. The van der Waals surface area contributed by atoms with Crippen LogP contribution in [0.1, 0.15) is 65.2 Å². The lowest BCUT2D eigenvalue weighted by molar-refractivity contribution is -0.120. The number of hydrogen-bond acceptors (Lipinski definition) is 4. The standard InChI is InChI=1S/C25H27Cl2N5O3/c1-14(23-30-20-9-6-16(26)13-21(20)31-23)29-24(34)15-5-8-18(19(27)12-15)25(35)32-11-3-4-17(32)7-10-22(33)28-2/h5-6,8-9,12-14,17H,3-4,7,10-11H2,1-2H3,(H,28,33)(H,29,34)(H,30,31)/t14-,17-/m0/s1. The first-order valence-electron chi connectivity index (χ1n) is 11.5. The average molecular weight is 516 g/mol. The van der Waals surface area contributed by atoms with Gasteiger partial charge < -0.3 is 20.5 Å². The van der Waals surface area contributed by atoms with Crippen molar-refractivity contribution in [1.82, 2.24) is 25.5 Å². The first kappa shape index (κ1) is 25.0. The van der Waals surface area contributed by atoms with Crippen LogP contribution in [-0.2, 0) is 4.79 Å². The minimum atomic E-state index is -0.389. The molecule has 0 spiro atoms. The fraction of sp³-hybridized carbons (Fsp3) is 0.360. The number of rotatable bonds is 7. The number of aromatic amines is 1. The summed E-state index contributed by atoms with van der Waals surface area (Å²) in [5, 5.41) is 6.32. The van der Waals surface area contributed by atoms with Crippen molar-refractivity contribution < 1.29 is 14.4 Å². The van der Waals surface area contributed by atoms with Gasteiger partial charge in [-0.25, -0.2) is 4.98 Å². The van der Waals surface area contributed by atoms with E-state index in [1.807, 2.05) is 13.0 Å². The summed E-state index contributed by atoms with van der Waals surface area (Å²) in [6, 6.07) is 9.64. The summed E-state index contributed by atoms with van der Waals surface area (Å²) < 4.78 is 0. The smallest absolute Gasteiger partial charge is 0.255 e. The molecular weight excluding hydrogens is 489 g/mol. The SMILES string of the molecule is CNC(=O)CC[C@@H]1CCCN1C(=O)c1ccc(C(=O)N[C@@H](C)c2nc3ccc(Cl)cc3[nH]2)cc1Cl. The van der Waals surface area contributed by atoms with Gasteiger partial charge in [0.15, 0.2) is 0 Å². The van der Waals surface area contributed by atoms with Crippen molar-refractivity contribution >= 4 is 52.0 Å². The number of likely N-dealkylation sites (tertiary alicyclic amines) is 1. The highest BCUT2D eigenvalue weighted by Crippen LogP contribution is 2.27. The average Bonchev–Trinajstić information content (AvgIpc) is 3.48. The predicted octanol–water partition coefficient (Wildman–Crippen LogP) is 4.49. The maximum absolute atomic E-state index is 13.2. The van der Waals surface area contributed by atoms with E-state index in [0.29, 0.717) is 41.4 Å². The highest BCUT2D eigenvalue weighted by molar-refractivity contribution is 6.34. The zero-order valence-corrected chi connectivity index (χ0v) is 21.0. The molecule has 184 valence electrons. The van der Waals surface area contributed by atoms with Crippen LogP contribution in [0.4, 0.5) is 0 Å². The molecule has 1 aromatic heterocycles. The molecule has 2 heterocycles. The van der Waals surface area contributed by atoms with Gasteiger partial charge in [0.1, 0.15) is 5.82 Å². The molecule has 1 aliphatic rings. The monoisotopic (exact) mass is 515 g/mol. The maximum atomic E-state index is 13.2. The number of nitrogens with one attached hydrogen (secondary N) is 3. The second kappa shape index (κ2) is 10.7. The Morgan fingerprint density at radius 3 is 2.74 bits per heavy atom.